The molecule has 0 saturated carbocycles. The first-order valence-corrected chi connectivity index (χ1v) is 12.5. The van der Waals surface area contributed by atoms with Crippen molar-refractivity contribution >= 4 is 22.7 Å². The molecule has 38 heavy (non-hydrogen) atoms. The minimum Gasteiger partial charge on any atom is -0.503 e. The number of nitrogens with zero attached hydrogens (tertiary/aromatic N) is 1. The molecule has 0 bridgehead atoms. The molecule has 196 valence electrons. The molecule has 1 aliphatic heterocycles. The van der Waals surface area contributed by atoms with Crippen LogP contribution in [0.4, 0.5) is 0 Å². The highest BCUT2D eigenvalue weighted by molar-refractivity contribution is 6.16. The molecule has 0 spiro atoms. The van der Waals surface area contributed by atoms with Gasteiger partial charge in [-0.1, -0.05) is 38.1 Å². The van der Waals surface area contributed by atoms with Gasteiger partial charge in [0.15, 0.2) is 22.9 Å². The molecule has 8 heteroatoms. The number of Topliss-reactive ketones (excluding diaryl/α,β-unsaturated/α-hetero) is 1. The monoisotopic (exact) mass is 515 g/mol. The normalized spacial score (nSPS) is 15.6. The summed E-state index contributed by atoms with van der Waals surface area (Å²) < 4.78 is 22.6. The number of ether oxygens (including phenoxy) is 2. The molecule has 1 N–H and O–H groups in total. The number of furan rings is 2. The summed E-state index contributed by atoms with van der Waals surface area (Å²) in [4.78, 5) is 28.6. The van der Waals surface area contributed by atoms with Crippen LogP contribution in [0.3, 0.4) is 0 Å². The van der Waals surface area contributed by atoms with E-state index in [9.17, 15) is 14.7 Å². The van der Waals surface area contributed by atoms with Crippen LogP contribution >= 0.6 is 0 Å². The van der Waals surface area contributed by atoms with Crippen molar-refractivity contribution in [2.24, 2.45) is 5.92 Å². The first kappa shape index (κ1) is 25.2. The second-order valence-electron chi connectivity index (χ2n) is 9.60. The molecule has 3 heterocycles. The summed E-state index contributed by atoms with van der Waals surface area (Å²) in [6.07, 6.45) is 2.39. The highest BCUT2D eigenvalue weighted by Crippen LogP contribution is 2.42. The number of rotatable bonds is 10. The minimum atomic E-state index is -0.885. The van der Waals surface area contributed by atoms with Crippen LogP contribution in [0.1, 0.15) is 48.2 Å². The average Bonchev–Trinajstić information content (AvgIpc) is 3.64. The van der Waals surface area contributed by atoms with Gasteiger partial charge >= 0.3 is 0 Å². The standard InChI is InChI=1S/C30H29NO7/c1-18(2)12-14-37-21-9-4-7-19(15-21)26-25(28(33)30(34)31(26)17-22-10-6-13-36-22)27(32)24-16-20-8-5-11-23(35-3)29(20)38-24/h4-11,13,15-16,18,26,33H,12,14,17H2,1-3H3. The third kappa shape index (κ3) is 4.77. The molecule has 0 saturated heterocycles. The van der Waals surface area contributed by atoms with E-state index >= 15 is 0 Å². The van der Waals surface area contributed by atoms with E-state index in [0.29, 0.717) is 46.3 Å². The van der Waals surface area contributed by atoms with Crippen LogP contribution in [-0.2, 0) is 11.3 Å². The minimum absolute atomic E-state index is 0.00645. The van der Waals surface area contributed by atoms with Crippen LogP contribution in [0.2, 0.25) is 0 Å². The van der Waals surface area contributed by atoms with Gasteiger partial charge in [-0.05, 0) is 54.3 Å². The fourth-order valence-electron chi connectivity index (χ4n) is 4.59. The summed E-state index contributed by atoms with van der Waals surface area (Å²) in [7, 11) is 1.52. The van der Waals surface area contributed by atoms with E-state index in [1.807, 2.05) is 6.07 Å². The summed E-state index contributed by atoms with van der Waals surface area (Å²) >= 11 is 0. The molecule has 0 radical (unpaired) electrons. The smallest absolute Gasteiger partial charge is 0.290 e. The molecule has 8 nitrogen and oxygen atoms in total. The van der Waals surface area contributed by atoms with Crippen LogP contribution in [0.15, 0.2) is 87.1 Å². The topological polar surface area (TPSA) is 102 Å². The maximum Gasteiger partial charge on any atom is 0.290 e. The first-order valence-electron chi connectivity index (χ1n) is 12.5. The summed E-state index contributed by atoms with van der Waals surface area (Å²) in [5, 5.41) is 11.7. The second kappa shape index (κ2) is 10.5. The lowest BCUT2D eigenvalue weighted by molar-refractivity contribution is -0.130. The van der Waals surface area contributed by atoms with E-state index in [2.05, 4.69) is 13.8 Å². The number of carbonyl (C=O) groups is 2. The molecule has 0 aliphatic carbocycles. The van der Waals surface area contributed by atoms with Crippen molar-refractivity contribution in [2.75, 3.05) is 13.7 Å². The van der Waals surface area contributed by atoms with Crippen LogP contribution in [0.5, 0.6) is 11.5 Å². The predicted octanol–water partition coefficient (Wildman–Crippen LogP) is 6.24. The first-order chi connectivity index (χ1) is 18.4. The van der Waals surface area contributed by atoms with Gasteiger partial charge in [-0.2, -0.15) is 0 Å². The Morgan fingerprint density at radius 2 is 1.92 bits per heavy atom. The summed E-state index contributed by atoms with van der Waals surface area (Å²) in [6.45, 7) is 4.84. The van der Waals surface area contributed by atoms with Crippen LogP contribution in [0, 0.1) is 5.92 Å². The number of methoxy groups -OCH3 is 1. The van der Waals surface area contributed by atoms with E-state index in [1.54, 1.807) is 54.6 Å². The second-order valence-corrected chi connectivity index (χ2v) is 9.60. The van der Waals surface area contributed by atoms with Gasteiger partial charge < -0.3 is 28.3 Å². The van der Waals surface area contributed by atoms with Gasteiger partial charge in [-0.3, -0.25) is 9.59 Å². The summed E-state index contributed by atoms with van der Waals surface area (Å²) in [5.74, 6) is 0.202. The number of benzene rings is 2. The van der Waals surface area contributed by atoms with E-state index in [1.165, 1.54) is 18.3 Å². The van der Waals surface area contributed by atoms with Gasteiger partial charge in [0.25, 0.3) is 5.91 Å². The Hall–Kier alpha value is -4.46. The van der Waals surface area contributed by atoms with E-state index in [0.717, 1.165) is 6.42 Å². The van der Waals surface area contributed by atoms with Gasteiger partial charge in [0.05, 0.1) is 38.1 Å². The van der Waals surface area contributed by atoms with Gasteiger partial charge in [-0.25, -0.2) is 0 Å². The van der Waals surface area contributed by atoms with Gasteiger partial charge in [0.2, 0.25) is 5.78 Å². The average molecular weight is 516 g/mol. The van der Waals surface area contributed by atoms with Gasteiger partial charge in [0, 0.05) is 5.39 Å². The molecule has 5 rings (SSSR count). The SMILES string of the molecule is COc1cccc2cc(C(=O)C3=C(O)C(=O)N(Cc4ccco4)C3c3cccc(OCCC(C)C)c3)oc12. The zero-order valence-electron chi connectivity index (χ0n) is 21.5. The van der Waals surface area contributed by atoms with E-state index in [-0.39, 0.29) is 17.9 Å². The number of amides is 1. The Morgan fingerprint density at radius 1 is 1.11 bits per heavy atom. The molecule has 2 aromatic carbocycles. The fraction of sp³-hybridized carbons (Fsp3) is 0.267. The van der Waals surface area contributed by atoms with Crippen molar-refractivity contribution in [1.29, 1.82) is 0 Å². The van der Waals surface area contributed by atoms with E-state index < -0.39 is 23.5 Å². The van der Waals surface area contributed by atoms with E-state index in [4.69, 9.17) is 18.3 Å². The molecular weight excluding hydrogens is 486 g/mol. The molecule has 1 atom stereocenters. The summed E-state index contributed by atoms with van der Waals surface area (Å²) in [6, 6.07) is 16.7. The number of carbonyl (C=O) groups excluding carboxylic acids is 2. The Morgan fingerprint density at radius 3 is 2.66 bits per heavy atom. The number of hydrogen-bond acceptors (Lipinski definition) is 7. The van der Waals surface area contributed by atoms with Gasteiger partial charge in [0.1, 0.15) is 11.5 Å². The Kier molecular flexibility index (Phi) is 6.96. The largest absolute Gasteiger partial charge is 0.503 e. The fourth-order valence-corrected chi connectivity index (χ4v) is 4.59. The lowest BCUT2D eigenvalue weighted by Crippen LogP contribution is -2.30. The Bertz CT molecular complexity index is 1500. The molecule has 0 fully saturated rings. The predicted molar refractivity (Wildman–Crippen MR) is 140 cm³/mol. The highest BCUT2D eigenvalue weighted by atomic mass is 16.5. The maximum atomic E-state index is 13.8. The number of aliphatic hydroxyl groups excluding tert-OH is 1. The van der Waals surface area contributed by atoms with Crippen molar-refractivity contribution in [3.8, 4) is 11.5 Å². The zero-order chi connectivity index (χ0) is 26.8. The number of hydrogen-bond donors (Lipinski definition) is 1. The molecule has 4 aromatic rings. The molecule has 1 aliphatic rings. The zero-order valence-corrected chi connectivity index (χ0v) is 21.5. The highest BCUT2D eigenvalue weighted by Gasteiger charge is 2.45. The van der Waals surface area contributed by atoms with Crippen molar-refractivity contribution in [3.63, 3.8) is 0 Å². The Labute approximate surface area is 220 Å². The van der Waals surface area contributed by atoms with Crippen molar-refractivity contribution in [3.05, 3.63) is 95.3 Å². The molecule has 1 unspecified atom stereocenters. The van der Waals surface area contributed by atoms with Crippen LogP contribution in [-0.4, -0.2) is 35.4 Å². The summed E-state index contributed by atoms with van der Waals surface area (Å²) in [5.41, 5.74) is 0.958. The van der Waals surface area contributed by atoms with Crippen molar-refractivity contribution in [2.45, 2.75) is 32.9 Å². The van der Waals surface area contributed by atoms with Crippen LogP contribution < -0.4 is 9.47 Å². The van der Waals surface area contributed by atoms with Crippen LogP contribution in [0.25, 0.3) is 11.0 Å². The van der Waals surface area contributed by atoms with Gasteiger partial charge in [-0.15, -0.1) is 0 Å². The molecule has 2 aromatic heterocycles. The van der Waals surface area contributed by atoms with Crippen molar-refractivity contribution < 1.29 is 33.0 Å². The molecule has 1 amide bonds. The number of fused-ring (bicyclic) bond motifs is 1. The maximum absolute atomic E-state index is 13.8. The number of ketones is 1. The third-order valence-electron chi connectivity index (χ3n) is 6.54. The lowest BCUT2D eigenvalue weighted by atomic mass is 9.94. The third-order valence-corrected chi connectivity index (χ3v) is 6.54. The quantitative estimate of drug-likeness (QED) is 0.250. The van der Waals surface area contributed by atoms with Crippen molar-refractivity contribution in [1.82, 2.24) is 4.90 Å². The Balaban J connectivity index is 1.55. The number of aliphatic hydroxyl groups is 1. The lowest BCUT2D eigenvalue weighted by Gasteiger charge is -2.26. The molecular formula is C30H29NO7. The number of para-hydroxylation sites is 1.